The first-order chi connectivity index (χ1) is 28.3. The second-order valence-electron chi connectivity index (χ2n) is 15.8. The van der Waals surface area contributed by atoms with E-state index in [4.69, 9.17) is 28.0 Å². The standard InChI is InChI=1S/C31H58O10P20/c1-15-20(40-54(60(52)57(46)47)61(58(48)49)59(50)51)12-19-25(38-28(35)18-10-8-7-9-11-18)26-30(6,27(37-16(2)32)24(34)23(15)29(19,4)5)21(41-53(55(42)43)56(44)45)13-22-31(26,14-36-22)39-17(3)33/h7-11,19-22,25-27H,12-14,42-52H2,1-6H3/t19?,20-,21-,22+,25+,26?,27+,30+,31-,54?,60?/m0/s1. The van der Waals surface area contributed by atoms with Gasteiger partial charge < -0.3 is 28.0 Å². The molecule has 5 rings (SSSR count). The topological polar surface area (TPSA) is 124 Å². The number of ketones is 1. The lowest BCUT2D eigenvalue weighted by molar-refractivity contribution is -0.345. The maximum atomic E-state index is 16.0. The Morgan fingerprint density at radius 2 is 1.34 bits per heavy atom. The summed E-state index contributed by atoms with van der Waals surface area (Å²) in [6.07, 6.45) is -3.61. The zero-order valence-electron chi connectivity index (χ0n) is 34.5. The molecule has 15 unspecified atom stereocenters. The number of rotatable bonds is 15. The third-order valence-corrected chi connectivity index (χ3v) is 105. The molecule has 1 heterocycles. The Morgan fingerprint density at radius 3 is 1.82 bits per heavy atom. The van der Waals surface area contributed by atoms with Gasteiger partial charge in [-0.25, -0.2) is 4.79 Å². The second kappa shape index (κ2) is 24.0. The molecular weight excluding hydrogens is 1150 g/mol. The van der Waals surface area contributed by atoms with Crippen molar-refractivity contribution in [3.63, 3.8) is 0 Å². The van der Waals surface area contributed by atoms with Crippen molar-refractivity contribution >= 4 is 186 Å². The van der Waals surface area contributed by atoms with Crippen molar-refractivity contribution < 1.29 is 47.2 Å². The van der Waals surface area contributed by atoms with Gasteiger partial charge in [-0.15, -0.1) is 89.3 Å². The molecular formula is C31H58O10P20. The van der Waals surface area contributed by atoms with Crippen LogP contribution in [0.1, 0.15) is 64.7 Å². The lowest BCUT2D eigenvalue weighted by Gasteiger charge is -2.67. The Hall–Kier alpha value is 5.52. The highest BCUT2D eigenvalue weighted by Crippen LogP contribution is 3.17. The number of Topliss-reactive ketones (excluding diaryl/α,β-unsaturated/α-hetero) is 1. The molecule has 1 aliphatic heterocycles. The van der Waals surface area contributed by atoms with Crippen molar-refractivity contribution in [1.82, 2.24) is 0 Å². The third-order valence-electron chi connectivity index (χ3n) is 11.8. The SMILES string of the molecule is CC(=O)O[C@@H]1C(=O)C2=C(C)[C@@H](OP(P(P)P(P)P)P(P(P)P)P(P)P)CC([C@@H](OC(=O)c3ccccc3)C3[C@@]1(C)[C@@H](OP(P(P)P)P(P)P)C[C@H]1OC[C@@]31OC(C)=O)C2(C)C. The number of esters is 3. The van der Waals surface area contributed by atoms with Crippen LogP contribution in [0.15, 0.2) is 41.5 Å². The van der Waals surface area contributed by atoms with Crippen LogP contribution < -0.4 is 0 Å². The van der Waals surface area contributed by atoms with Crippen LogP contribution in [0, 0.1) is 22.7 Å². The predicted molar refractivity (Wildman–Crippen MR) is 310 cm³/mol. The molecule has 1 aromatic rings. The van der Waals surface area contributed by atoms with Gasteiger partial charge in [-0.1, -0.05) is 47.9 Å². The molecule has 1 aromatic carbocycles. The highest BCUT2D eigenvalue weighted by atomic mass is 33.2. The molecule has 0 aromatic heterocycles. The monoisotopic (exact) mass is 1210 g/mol. The maximum absolute atomic E-state index is 16.0. The first-order valence-corrected chi connectivity index (χ1v) is 53.2. The van der Waals surface area contributed by atoms with Crippen LogP contribution in [0.5, 0.6) is 0 Å². The summed E-state index contributed by atoms with van der Waals surface area (Å²) in [6, 6.07) is 8.85. The Morgan fingerprint density at radius 1 is 0.754 bits per heavy atom. The molecule has 3 aliphatic carbocycles. The predicted octanol–water partition coefficient (Wildman–Crippen LogP) is 14.8. The molecule has 10 nitrogen and oxygen atoms in total. The summed E-state index contributed by atoms with van der Waals surface area (Å²) in [5, 5.41) is 0. The van der Waals surface area contributed by atoms with Gasteiger partial charge in [-0.05, 0) is 71.4 Å². The Balaban J connectivity index is 1.87. The van der Waals surface area contributed by atoms with E-state index in [1.165, 1.54) is 13.8 Å². The van der Waals surface area contributed by atoms with E-state index in [0.29, 0.717) is 17.6 Å². The number of carbonyl (C=O) groups is 4. The lowest BCUT2D eigenvalue weighted by Crippen LogP contribution is -2.80. The molecule has 2 saturated carbocycles. The first kappa shape index (κ1) is 57.4. The summed E-state index contributed by atoms with van der Waals surface area (Å²) < 4.78 is 41.1. The van der Waals surface area contributed by atoms with E-state index in [9.17, 15) is 14.4 Å². The molecule has 30 heteroatoms. The van der Waals surface area contributed by atoms with Crippen molar-refractivity contribution in [1.29, 1.82) is 0 Å². The highest BCUT2D eigenvalue weighted by Gasteiger charge is 2.76. The van der Waals surface area contributed by atoms with E-state index in [1.807, 2.05) is 33.8 Å². The number of fused-ring (bicyclic) bond motifs is 5. The van der Waals surface area contributed by atoms with Gasteiger partial charge in [-0.2, -0.15) is 0 Å². The van der Waals surface area contributed by atoms with E-state index >= 15 is 4.79 Å². The van der Waals surface area contributed by atoms with Crippen LogP contribution >= 0.6 is 162 Å². The van der Waals surface area contributed by atoms with Crippen LogP contribution in [-0.4, -0.2) is 66.4 Å². The molecule has 0 radical (unpaired) electrons. The van der Waals surface area contributed by atoms with E-state index < -0.39 is 141 Å². The fourth-order valence-corrected chi connectivity index (χ4v) is 138. The second-order valence-corrected chi connectivity index (χ2v) is 88.2. The zero-order valence-corrected chi connectivity index (χ0v) is 55.3. The summed E-state index contributed by atoms with van der Waals surface area (Å²) in [4.78, 5) is 57.6. The molecule has 3 fully saturated rings. The summed E-state index contributed by atoms with van der Waals surface area (Å²) in [5.41, 5.74) is -2.00. The van der Waals surface area contributed by atoms with Crippen molar-refractivity contribution in [3.05, 3.63) is 47.0 Å². The minimum atomic E-state index is -1.41. The van der Waals surface area contributed by atoms with Gasteiger partial charge in [-0.3, -0.25) is 14.4 Å². The summed E-state index contributed by atoms with van der Waals surface area (Å²) in [5.74, 6) is -3.50. The average molecular weight is 1210 g/mol. The maximum Gasteiger partial charge on any atom is 0.338 e. The quantitative estimate of drug-likeness (QED) is 0.0952. The van der Waals surface area contributed by atoms with Crippen LogP contribution in [0.4, 0.5) is 0 Å². The van der Waals surface area contributed by atoms with E-state index in [1.54, 1.807) is 24.3 Å². The van der Waals surface area contributed by atoms with Crippen molar-refractivity contribution in [2.24, 2.45) is 22.7 Å². The number of benzene rings is 1. The average Bonchev–Trinajstić information content (AvgIpc) is 3.14. The highest BCUT2D eigenvalue weighted by molar-refractivity contribution is 9.19. The fourth-order valence-electron chi connectivity index (χ4n) is 9.30. The van der Waals surface area contributed by atoms with E-state index in [0.717, 1.165) is 5.57 Å². The Labute approximate surface area is 397 Å². The first-order valence-electron chi connectivity index (χ1n) is 18.6. The van der Waals surface area contributed by atoms with Gasteiger partial charge in [0.05, 0.1) is 45.3 Å². The fraction of sp³-hybridized carbons (Fsp3) is 0.613. The number of ether oxygens (including phenoxy) is 4. The van der Waals surface area contributed by atoms with E-state index in [-0.39, 0.29) is 18.8 Å². The minimum absolute atomic E-state index is 0.00464. The Bertz CT molecular complexity index is 1810. The van der Waals surface area contributed by atoms with E-state index in [2.05, 4.69) is 98.2 Å². The largest absolute Gasteiger partial charge is 0.458 e. The minimum Gasteiger partial charge on any atom is -0.458 e. The Kier molecular flexibility index (Phi) is 22.6. The summed E-state index contributed by atoms with van der Waals surface area (Å²) in [7, 11) is 30.9. The van der Waals surface area contributed by atoms with Crippen molar-refractivity contribution in [2.75, 3.05) is 6.61 Å². The van der Waals surface area contributed by atoms with Gasteiger partial charge in [0.15, 0.2) is 11.7 Å². The molecule has 4 aliphatic rings. The summed E-state index contributed by atoms with van der Waals surface area (Å²) in [6.45, 7) is 6.31. The van der Waals surface area contributed by atoms with Crippen LogP contribution in [0.3, 0.4) is 0 Å². The molecule has 0 spiro atoms. The van der Waals surface area contributed by atoms with Gasteiger partial charge in [0.25, 0.3) is 0 Å². The van der Waals surface area contributed by atoms with Gasteiger partial charge in [0.1, 0.15) is 12.2 Å². The van der Waals surface area contributed by atoms with Gasteiger partial charge in [0.2, 0.25) is 5.78 Å². The smallest absolute Gasteiger partial charge is 0.338 e. The van der Waals surface area contributed by atoms with Crippen LogP contribution in [0.2, 0.25) is 0 Å². The van der Waals surface area contributed by atoms with Gasteiger partial charge >= 0.3 is 17.9 Å². The summed E-state index contributed by atoms with van der Waals surface area (Å²) >= 11 is 0. The lowest BCUT2D eigenvalue weighted by atomic mass is 9.45. The molecule has 0 N–H and O–H groups in total. The third kappa shape index (κ3) is 12.3. The number of hydrogen-bond acceptors (Lipinski definition) is 10. The molecule has 1 saturated heterocycles. The molecule has 2 bridgehead atoms. The zero-order chi connectivity index (χ0) is 45.7. The molecule has 0 amide bonds. The van der Waals surface area contributed by atoms with Gasteiger partial charge in [0, 0.05) is 51.1 Å². The number of hydrogen-bond donors (Lipinski definition) is 0. The van der Waals surface area contributed by atoms with Crippen molar-refractivity contribution in [3.8, 4) is 0 Å². The molecule has 22 atom stereocenters. The number of carbonyl (C=O) groups excluding carboxylic acids is 4. The van der Waals surface area contributed by atoms with Crippen molar-refractivity contribution in [2.45, 2.75) is 90.5 Å². The normalized spacial score (nSPS) is 32.1. The van der Waals surface area contributed by atoms with Crippen LogP contribution in [-0.2, 0) is 42.4 Å². The molecule has 61 heavy (non-hydrogen) atoms. The van der Waals surface area contributed by atoms with Crippen LogP contribution in [0.25, 0.3) is 0 Å². The molecule has 342 valence electrons.